The van der Waals surface area contributed by atoms with Gasteiger partial charge in [-0.05, 0) is 168 Å². The largest absolute Gasteiger partial charge is 0.309 e. The first kappa shape index (κ1) is 80.5. The highest BCUT2D eigenvalue weighted by Gasteiger charge is 2.28. The van der Waals surface area contributed by atoms with E-state index in [4.69, 9.17) is 29.9 Å². The fraction of sp³-hybridized carbons (Fsp3) is 0. The van der Waals surface area contributed by atoms with Gasteiger partial charge in [0.1, 0.15) is 0 Å². The van der Waals surface area contributed by atoms with Crippen molar-refractivity contribution in [3.05, 3.63) is 485 Å². The Hall–Kier alpha value is -17.5. The number of aromatic nitrogens is 8. The van der Waals surface area contributed by atoms with Crippen LogP contribution in [0.1, 0.15) is 0 Å². The number of hydrogen-bond donors (Lipinski definition) is 0. The molecule has 0 unspecified atom stereocenters. The van der Waals surface area contributed by atoms with Crippen molar-refractivity contribution in [3.63, 3.8) is 0 Å². The third-order valence-corrected chi connectivity index (χ3v) is 28.4. The first-order valence-corrected chi connectivity index (χ1v) is 47.5. The molecule has 10 heteroatoms. The molecule has 0 aliphatic heterocycles. The molecule has 0 aliphatic carbocycles. The molecule has 0 atom stereocenters. The number of fused-ring (bicyclic) bond motifs is 14. The molecular formula is C126H80N8S2. The monoisotopic (exact) mass is 1770 g/mol. The summed E-state index contributed by atoms with van der Waals surface area (Å²) in [7, 11) is 0. The van der Waals surface area contributed by atoms with E-state index < -0.39 is 0 Å². The SMILES string of the molecule is c1ccc(-c2nc(-c3ccccc3)nc(-c3cc(-c4c(-c5ccccc5)cccc4-c4ccccc4)ccc3-c3ccc4sc5ccc6c7ccccc7n(-c7ccccc7)c6c5c4c3)n2)cc1.c1ccc(-c2nc(-c3ccccc3)nc(-c3cc(-c4c(-c5ccccc5)cccc4-c4ccccc4)ccc3-c3cccc4sc5ccc6c7ccccc7n(-c7ccccc7)c6c5c34)n2)cc1. The van der Waals surface area contributed by atoms with Crippen LogP contribution in [0.5, 0.6) is 0 Å². The van der Waals surface area contributed by atoms with Crippen molar-refractivity contribution >= 4 is 107 Å². The van der Waals surface area contributed by atoms with E-state index in [2.05, 4.69) is 422 Å². The van der Waals surface area contributed by atoms with Crippen molar-refractivity contribution in [2.75, 3.05) is 0 Å². The van der Waals surface area contributed by atoms with E-state index in [0.717, 1.165) is 134 Å². The summed E-state index contributed by atoms with van der Waals surface area (Å²) in [6.07, 6.45) is 0. The standard InChI is InChI=1S/2C63H40N4S/c1-6-20-41(21-7-1)47-31-18-32-48(42-22-8-2-9-23-42)57(47)45-36-37-49(53(40-45)63-65-61(43-24-10-3-11-25-43)64-62(66-63)44-26-12-4-13-27-44)51-33-19-35-55-58(51)59-56(68-55)39-38-52-50-30-16-17-34-54(50)67(60(52)59)46-28-14-5-15-29-46;1-6-19-41(20-7-1)49-30-18-31-50(42-21-8-2-9-22-42)58(49)46-33-35-48(53(40-46)63-65-61(43-23-10-3-11-24-43)64-62(66-63)44-25-12-4-13-26-44)45-34-37-56-54(39-45)59-57(68-56)38-36-52-51-29-16-17-32-55(51)67(60(52)59)47-27-14-5-15-28-47/h2*1-40H. The van der Waals surface area contributed by atoms with Gasteiger partial charge in [0.2, 0.25) is 0 Å². The molecular weight excluding hydrogens is 1690 g/mol. The summed E-state index contributed by atoms with van der Waals surface area (Å²) < 4.78 is 9.85. The number of hydrogen-bond acceptors (Lipinski definition) is 8. The average molecular weight is 1770 g/mol. The zero-order chi connectivity index (χ0) is 89.9. The van der Waals surface area contributed by atoms with E-state index in [1.54, 1.807) is 0 Å². The fourth-order valence-electron chi connectivity index (χ4n) is 20.0. The third kappa shape index (κ3) is 14.5. The molecule has 20 aromatic carbocycles. The lowest BCUT2D eigenvalue weighted by Gasteiger charge is -2.19. The van der Waals surface area contributed by atoms with Crippen LogP contribution in [0.2, 0.25) is 0 Å². The zero-order valence-corrected chi connectivity index (χ0v) is 75.2. The topological polar surface area (TPSA) is 87.2 Å². The Balaban J connectivity index is 0.000000145. The van der Waals surface area contributed by atoms with E-state index in [0.29, 0.717) is 34.9 Å². The Labute approximate surface area is 793 Å². The predicted molar refractivity (Wildman–Crippen MR) is 570 cm³/mol. The van der Waals surface area contributed by atoms with Crippen LogP contribution in [0.25, 0.3) is 253 Å². The van der Waals surface area contributed by atoms with Crippen LogP contribution in [0.15, 0.2) is 485 Å². The van der Waals surface area contributed by atoms with Gasteiger partial charge in [-0.2, -0.15) is 0 Å². The van der Waals surface area contributed by atoms with Crippen LogP contribution in [0.3, 0.4) is 0 Å². The molecule has 0 saturated carbocycles. The first-order valence-electron chi connectivity index (χ1n) is 45.9. The Kier molecular flexibility index (Phi) is 20.5. The van der Waals surface area contributed by atoms with Crippen molar-refractivity contribution in [2.45, 2.75) is 0 Å². The van der Waals surface area contributed by atoms with Gasteiger partial charge in [-0.15, -0.1) is 22.7 Å². The van der Waals surface area contributed by atoms with E-state index in [1.165, 1.54) is 84.0 Å². The highest BCUT2D eigenvalue weighted by atomic mass is 32.1. The minimum absolute atomic E-state index is 0.605. The van der Waals surface area contributed by atoms with Crippen LogP contribution in [-0.4, -0.2) is 39.0 Å². The third-order valence-electron chi connectivity index (χ3n) is 26.2. The molecule has 136 heavy (non-hydrogen) atoms. The van der Waals surface area contributed by atoms with Gasteiger partial charge in [-0.1, -0.05) is 406 Å². The molecule has 0 N–H and O–H groups in total. The maximum atomic E-state index is 5.42. The Bertz CT molecular complexity index is 8810. The number of rotatable bonds is 16. The molecule has 0 amide bonds. The predicted octanol–water partition coefficient (Wildman–Crippen LogP) is 34.0. The van der Waals surface area contributed by atoms with Gasteiger partial charge in [0.25, 0.3) is 0 Å². The summed E-state index contributed by atoms with van der Waals surface area (Å²) in [5, 5.41) is 9.86. The summed E-state index contributed by atoms with van der Waals surface area (Å²) in [6, 6.07) is 173. The molecule has 0 fully saturated rings. The second kappa shape index (κ2) is 34.6. The lowest BCUT2D eigenvalue weighted by Crippen LogP contribution is -2.01. The van der Waals surface area contributed by atoms with Crippen molar-refractivity contribution in [1.82, 2.24) is 39.0 Å². The normalized spacial score (nSPS) is 11.5. The molecule has 26 aromatic rings. The first-order chi connectivity index (χ1) is 67.5. The molecule has 0 bridgehead atoms. The van der Waals surface area contributed by atoms with Gasteiger partial charge in [0, 0.05) is 107 Å². The zero-order valence-electron chi connectivity index (χ0n) is 73.6. The molecule has 0 aliphatic rings. The minimum atomic E-state index is 0.605. The van der Waals surface area contributed by atoms with Gasteiger partial charge in [-0.25, -0.2) is 29.9 Å². The van der Waals surface area contributed by atoms with E-state index in [1.807, 2.05) is 95.5 Å². The summed E-state index contributed by atoms with van der Waals surface area (Å²) in [6.45, 7) is 0. The minimum Gasteiger partial charge on any atom is -0.309 e. The maximum Gasteiger partial charge on any atom is 0.164 e. The highest BCUT2D eigenvalue weighted by molar-refractivity contribution is 7.26. The summed E-state index contributed by atoms with van der Waals surface area (Å²) >= 11 is 3.69. The van der Waals surface area contributed by atoms with Crippen molar-refractivity contribution in [1.29, 1.82) is 0 Å². The molecule has 0 radical (unpaired) electrons. The lowest BCUT2D eigenvalue weighted by molar-refractivity contribution is 1.07. The molecule has 26 rings (SSSR count). The second-order valence-electron chi connectivity index (χ2n) is 34.2. The molecule has 8 nitrogen and oxygen atoms in total. The summed E-state index contributed by atoms with van der Waals surface area (Å²) in [5.74, 6) is 3.69. The number of nitrogens with zero attached hydrogens (tertiary/aromatic N) is 8. The van der Waals surface area contributed by atoms with Crippen LogP contribution < -0.4 is 0 Å². The average Bonchev–Trinajstić information content (AvgIpc) is 1.55. The molecule has 636 valence electrons. The molecule has 6 heterocycles. The summed E-state index contributed by atoms with van der Waals surface area (Å²) in [5.41, 5.74) is 30.5. The van der Waals surface area contributed by atoms with E-state index >= 15 is 0 Å². The van der Waals surface area contributed by atoms with Crippen molar-refractivity contribution in [3.8, 4) is 169 Å². The van der Waals surface area contributed by atoms with E-state index in [-0.39, 0.29) is 0 Å². The van der Waals surface area contributed by atoms with Crippen LogP contribution in [0.4, 0.5) is 0 Å². The second-order valence-corrected chi connectivity index (χ2v) is 36.3. The number of benzene rings is 20. The molecule has 0 saturated heterocycles. The number of thiophene rings is 2. The van der Waals surface area contributed by atoms with Gasteiger partial charge >= 0.3 is 0 Å². The van der Waals surface area contributed by atoms with E-state index in [9.17, 15) is 0 Å². The smallest absolute Gasteiger partial charge is 0.164 e. The van der Waals surface area contributed by atoms with Crippen molar-refractivity contribution < 1.29 is 0 Å². The van der Waals surface area contributed by atoms with Crippen LogP contribution in [0, 0.1) is 0 Å². The molecule has 0 spiro atoms. The summed E-state index contributed by atoms with van der Waals surface area (Å²) in [4.78, 5) is 31.8. The van der Waals surface area contributed by atoms with Crippen molar-refractivity contribution in [2.24, 2.45) is 0 Å². The van der Waals surface area contributed by atoms with Crippen LogP contribution >= 0.6 is 22.7 Å². The lowest BCUT2D eigenvalue weighted by atomic mass is 9.85. The Morgan fingerprint density at radius 1 is 0.154 bits per heavy atom. The Morgan fingerprint density at radius 2 is 0.456 bits per heavy atom. The van der Waals surface area contributed by atoms with Crippen LogP contribution in [-0.2, 0) is 0 Å². The Morgan fingerprint density at radius 3 is 0.868 bits per heavy atom. The number of para-hydroxylation sites is 4. The van der Waals surface area contributed by atoms with Gasteiger partial charge < -0.3 is 9.13 Å². The van der Waals surface area contributed by atoms with Gasteiger partial charge in [-0.3, -0.25) is 0 Å². The fourth-order valence-corrected chi connectivity index (χ4v) is 22.3. The van der Waals surface area contributed by atoms with Gasteiger partial charge in [0.05, 0.1) is 22.1 Å². The van der Waals surface area contributed by atoms with Gasteiger partial charge in [0.15, 0.2) is 34.9 Å². The molecule has 6 aromatic heterocycles. The highest BCUT2D eigenvalue weighted by Crippen LogP contribution is 2.53. The quantitative estimate of drug-likeness (QED) is 0.0958. The maximum absolute atomic E-state index is 5.42.